The van der Waals surface area contributed by atoms with Gasteiger partial charge in [0.15, 0.2) is 0 Å². The number of nitrogens with two attached hydrogens (primary N) is 1. The Labute approximate surface area is 127 Å². The van der Waals surface area contributed by atoms with E-state index >= 15 is 0 Å². The first kappa shape index (κ1) is 15.0. The van der Waals surface area contributed by atoms with Gasteiger partial charge in [0.2, 0.25) is 11.8 Å². The molecule has 3 aliphatic rings. The highest BCUT2D eigenvalue weighted by molar-refractivity contribution is 5.99. The Bertz CT molecular complexity index is 401. The first-order valence-electron chi connectivity index (χ1n) is 8.67. The monoisotopic (exact) mass is 292 g/mol. The van der Waals surface area contributed by atoms with Crippen molar-refractivity contribution in [2.75, 3.05) is 6.54 Å². The van der Waals surface area contributed by atoms with Crippen molar-refractivity contribution in [3.63, 3.8) is 0 Å². The zero-order valence-corrected chi connectivity index (χ0v) is 13.0. The molecular formula is C17H28N2O2. The molecule has 0 aromatic rings. The van der Waals surface area contributed by atoms with Gasteiger partial charge in [0.1, 0.15) is 0 Å². The van der Waals surface area contributed by atoms with E-state index in [-0.39, 0.29) is 22.8 Å². The average molecular weight is 292 g/mol. The Morgan fingerprint density at radius 1 is 0.810 bits per heavy atom. The van der Waals surface area contributed by atoms with Crippen LogP contribution >= 0.6 is 0 Å². The SMILES string of the molecule is NCC1(N2C(=O)CC3(CCCCC3)CC2=O)CCCCC1. The molecule has 21 heavy (non-hydrogen) atoms. The number of piperidine rings is 1. The molecule has 118 valence electrons. The molecule has 2 saturated carbocycles. The number of carbonyl (C=O) groups excluding carboxylic acids is 2. The zero-order valence-electron chi connectivity index (χ0n) is 13.0. The average Bonchev–Trinajstić information content (AvgIpc) is 2.48. The van der Waals surface area contributed by atoms with Gasteiger partial charge < -0.3 is 5.73 Å². The maximum Gasteiger partial charge on any atom is 0.230 e. The van der Waals surface area contributed by atoms with Crippen molar-refractivity contribution < 1.29 is 9.59 Å². The van der Waals surface area contributed by atoms with Crippen molar-refractivity contribution in [2.24, 2.45) is 11.1 Å². The summed E-state index contributed by atoms with van der Waals surface area (Å²) >= 11 is 0. The lowest BCUT2D eigenvalue weighted by Crippen LogP contribution is -2.63. The van der Waals surface area contributed by atoms with Crippen LogP contribution in [-0.2, 0) is 9.59 Å². The van der Waals surface area contributed by atoms with E-state index in [2.05, 4.69) is 0 Å². The van der Waals surface area contributed by atoms with Gasteiger partial charge >= 0.3 is 0 Å². The van der Waals surface area contributed by atoms with Gasteiger partial charge in [-0.25, -0.2) is 0 Å². The lowest BCUT2D eigenvalue weighted by Gasteiger charge is -2.50. The van der Waals surface area contributed by atoms with Gasteiger partial charge in [0, 0.05) is 19.4 Å². The minimum absolute atomic E-state index is 0.0205. The quantitative estimate of drug-likeness (QED) is 0.796. The van der Waals surface area contributed by atoms with E-state index in [1.807, 2.05) is 0 Å². The summed E-state index contributed by atoms with van der Waals surface area (Å²) in [7, 11) is 0. The Morgan fingerprint density at radius 3 is 1.76 bits per heavy atom. The molecule has 1 aliphatic heterocycles. The van der Waals surface area contributed by atoms with Crippen LogP contribution in [0.4, 0.5) is 0 Å². The second-order valence-corrected chi connectivity index (χ2v) is 7.53. The number of rotatable bonds is 2. The number of hydrogen-bond acceptors (Lipinski definition) is 3. The Morgan fingerprint density at radius 2 is 1.29 bits per heavy atom. The van der Waals surface area contributed by atoms with Crippen LogP contribution in [-0.4, -0.2) is 28.8 Å². The highest BCUT2D eigenvalue weighted by Crippen LogP contribution is 2.47. The molecule has 0 atom stereocenters. The number of nitrogens with zero attached hydrogens (tertiary/aromatic N) is 1. The normalized spacial score (nSPS) is 28.9. The van der Waals surface area contributed by atoms with Gasteiger partial charge in [-0.1, -0.05) is 38.5 Å². The van der Waals surface area contributed by atoms with Crippen LogP contribution in [0.2, 0.25) is 0 Å². The first-order valence-corrected chi connectivity index (χ1v) is 8.67. The topological polar surface area (TPSA) is 63.4 Å². The molecule has 4 heteroatoms. The van der Waals surface area contributed by atoms with Gasteiger partial charge in [0.25, 0.3) is 0 Å². The van der Waals surface area contributed by atoms with Crippen LogP contribution in [0.3, 0.4) is 0 Å². The highest BCUT2D eigenvalue weighted by atomic mass is 16.2. The molecule has 2 amide bonds. The fourth-order valence-corrected chi connectivity index (χ4v) is 4.91. The van der Waals surface area contributed by atoms with E-state index in [9.17, 15) is 9.59 Å². The molecule has 1 spiro atoms. The minimum Gasteiger partial charge on any atom is -0.328 e. The molecule has 1 heterocycles. The van der Waals surface area contributed by atoms with Crippen LogP contribution in [0.5, 0.6) is 0 Å². The summed E-state index contributed by atoms with van der Waals surface area (Å²) in [5.41, 5.74) is 5.62. The van der Waals surface area contributed by atoms with E-state index in [1.54, 1.807) is 4.90 Å². The molecular weight excluding hydrogens is 264 g/mol. The number of carbonyl (C=O) groups is 2. The molecule has 0 bridgehead atoms. The smallest absolute Gasteiger partial charge is 0.230 e. The molecule has 1 saturated heterocycles. The summed E-state index contributed by atoms with van der Waals surface area (Å²) < 4.78 is 0. The lowest BCUT2D eigenvalue weighted by molar-refractivity contribution is -0.164. The fourth-order valence-electron chi connectivity index (χ4n) is 4.91. The maximum absolute atomic E-state index is 12.8. The predicted molar refractivity (Wildman–Crippen MR) is 81.5 cm³/mol. The number of hydrogen-bond donors (Lipinski definition) is 1. The van der Waals surface area contributed by atoms with Crippen molar-refractivity contribution in [1.82, 2.24) is 4.90 Å². The minimum atomic E-state index is -0.372. The third-order valence-electron chi connectivity index (χ3n) is 6.10. The number of likely N-dealkylation sites (tertiary alicyclic amines) is 1. The van der Waals surface area contributed by atoms with Crippen molar-refractivity contribution in [2.45, 2.75) is 82.6 Å². The van der Waals surface area contributed by atoms with Crippen LogP contribution in [0.1, 0.15) is 77.0 Å². The summed E-state index contributed by atoms with van der Waals surface area (Å²) in [6.07, 6.45) is 12.0. The molecule has 3 fully saturated rings. The van der Waals surface area contributed by atoms with Crippen molar-refractivity contribution in [3.8, 4) is 0 Å². The molecule has 0 radical (unpaired) electrons. The lowest BCUT2D eigenvalue weighted by atomic mass is 9.66. The van der Waals surface area contributed by atoms with E-state index < -0.39 is 0 Å². The summed E-state index contributed by atoms with van der Waals surface area (Å²) in [4.78, 5) is 27.2. The van der Waals surface area contributed by atoms with Crippen molar-refractivity contribution >= 4 is 11.8 Å². The van der Waals surface area contributed by atoms with Gasteiger partial charge in [-0.15, -0.1) is 0 Å². The van der Waals surface area contributed by atoms with E-state index in [4.69, 9.17) is 5.73 Å². The summed E-state index contributed by atoms with van der Waals surface area (Å²) in [6.45, 7) is 0.428. The maximum atomic E-state index is 12.8. The highest BCUT2D eigenvalue weighted by Gasteiger charge is 2.50. The molecule has 4 nitrogen and oxygen atoms in total. The summed E-state index contributed by atoms with van der Waals surface area (Å²) in [5, 5.41) is 0. The van der Waals surface area contributed by atoms with Crippen LogP contribution in [0.15, 0.2) is 0 Å². The van der Waals surface area contributed by atoms with E-state index in [1.165, 1.54) is 25.7 Å². The van der Waals surface area contributed by atoms with Gasteiger partial charge in [0.05, 0.1) is 5.54 Å². The number of amides is 2. The Hall–Kier alpha value is -0.900. The Kier molecular flexibility index (Phi) is 4.08. The summed E-state index contributed by atoms with van der Waals surface area (Å²) in [6, 6.07) is 0. The molecule has 2 aliphatic carbocycles. The molecule has 0 aromatic carbocycles. The molecule has 3 rings (SSSR count). The number of imide groups is 1. The van der Waals surface area contributed by atoms with Crippen molar-refractivity contribution in [3.05, 3.63) is 0 Å². The standard InChI is InChI=1S/C17H28N2O2/c18-13-17(9-5-2-6-10-17)19-14(20)11-16(12-15(19)21)7-3-1-4-8-16/h1-13,18H2. The zero-order chi connectivity index (χ0) is 14.9. The van der Waals surface area contributed by atoms with Gasteiger partial charge in [-0.05, 0) is 31.1 Å². The second-order valence-electron chi connectivity index (χ2n) is 7.53. The predicted octanol–water partition coefficient (Wildman–Crippen LogP) is 2.75. The Balaban J connectivity index is 1.81. The van der Waals surface area contributed by atoms with Crippen LogP contribution in [0.25, 0.3) is 0 Å². The largest absolute Gasteiger partial charge is 0.328 e. The van der Waals surface area contributed by atoms with Crippen LogP contribution < -0.4 is 5.73 Å². The van der Waals surface area contributed by atoms with E-state index in [0.717, 1.165) is 38.5 Å². The first-order chi connectivity index (χ1) is 10.1. The van der Waals surface area contributed by atoms with Crippen molar-refractivity contribution in [1.29, 1.82) is 0 Å². The van der Waals surface area contributed by atoms with E-state index in [0.29, 0.717) is 19.4 Å². The third kappa shape index (κ3) is 2.63. The molecule has 0 unspecified atom stereocenters. The second kappa shape index (κ2) is 5.71. The fraction of sp³-hybridized carbons (Fsp3) is 0.882. The van der Waals surface area contributed by atoms with Gasteiger partial charge in [-0.3, -0.25) is 14.5 Å². The van der Waals surface area contributed by atoms with Crippen LogP contribution in [0, 0.1) is 5.41 Å². The molecule has 0 aromatic heterocycles. The molecule has 2 N–H and O–H groups in total. The van der Waals surface area contributed by atoms with Gasteiger partial charge in [-0.2, -0.15) is 0 Å². The summed E-state index contributed by atoms with van der Waals surface area (Å²) in [5.74, 6) is 0.112. The third-order valence-corrected chi connectivity index (χ3v) is 6.10.